The Morgan fingerprint density at radius 2 is 1.83 bits per heavy atom. The summed E-state index contributed by atoms with van der Waals surface area (Å²) in [5, 5.41) is 3.19. The molecule has 120 valence electrons. The van der Waals surface area contributed by atoms with Gasteiger partial charge in [-0.1, -0.05) is 23.8 Å². The standard InChI is InChI=1S/C18H22N4O/c1-15-5-7-16(8-6-15)20-14-18(23)22-12-10-21(11-13-22)17-4-2-3-9-19-17/h2-9,20H,10-14H2,1H3. The van der Waals surface area contributed by atoms with Gasteiger partial charge in [-0.2, -0.15) is 0 Å². The van der Waals surface area contributed by atoms with E-state index in [1.807, 2.05) is 47.4 Å². The van der Waals surface area contributed by atoms with Gasteiger partial charge >= 0.3 is 0 Å². The van der Waals surface area contributed by atoms with Gasteiger partial charge in [-0.15, -0.1) is 0 Å². The van der Waals surface area contributed by atoms with Gasteiger partial charge < -0.3 is 15.1 Å². The van der Waals surface area contributed by atoms with Crippen LogP contribution in [0, 0.1) is 6.92 Å². The van der Waals surface area contributed by atoms with Gasteiger partial charge in [0.25, 0.3) is 0 Å². The zero-order chi connectivity index (χ0) is 16.1. The van der Waals surface area contributed by atoms with E-state index in [-0.39, 0.29) is 5.91 Å². The second-order valence-electron chi connectivity index (χ2n) is 5.78. The monoisotopic (exact) mass is 310 g/mol. The summed E-state index contributed by atoms with van der Waals surface area (Å²) in [5.41, 5.74) is 2.20. The van der Waals surface area contributed by atoms with E-state index in [0.29, 0.717) is 6.54 Å². The van der Waals surface area contributed by atoms with Crippen LogP contribution >= 0.6 is 0 Å². The zero-order valence-corrected chi connectivity index (χ0v) is 13.4. The largest absolute Gasteiger partial charge is 0.376 e. The van der Waals surface area contributed by atoms with Crippen molar-refractivity contribution in [2.45, 2.75) is 6.92 Å². The minimum atomic E-state index is 0.145. The number of pyridine rings is 1. The maximum Gasteiger partial charge on any atom is 0.241 e. The van der Waals surface area contributed by atoms with Gasteiger partial charge in [0.2, 0.25) is 5.91 Å². The van der Waals surface area contributed by atoms with Gasteiger partial charge in [0.1, 0.15) is 5.82 Å². The lowest BCUT2D eigenvalue weighted by atomic mass is 10.2. The highest BCUT2D eigenvalue weighted by molar-refractivity contribution is 5.81. The predicted molar refractivity (Wildman–Crippen MR) is 92.7 cm³/mol. The molecule has 1 fully saturated rings. The van der Waals surface area contributed by atoms with Crippen LogP contribution in [-0.2, 0) is 4.79 Å². The summed E-state index contributed by atoms with van der Waals surface area (Å²) in [5.74, 6) is 1.13. The lowest BCUT2D eigenvalue weighted by Gasteiger charge is -2.35. The first kappa shape index (κ1) is 15.3. The molecule has 2 aromatic rings. The van der Waals surface area contributed by atoms with E-state index in [1.165, 1.54) is 5.56 Å². The Kier molecular flexibility index (Phi) is 4.76. The number of carbonyl (C=O) groups excluding carboxylic acids is 1. The molecule has 0 aliphatic carbocycles. The van der Waals surface area contributed by atoms with Gasteiger partial charge in [0.05, 0.1) is 6.54 Å². The van der Waals surface area contributed by atoms with E-state index >= 15 is 0 Å². The van der Waals surface area contributed by atoms with Crippen LogP contribution in [0.25, 0.3) is 0 Å². The van der Waals surface area contributed by atoms with Crippen LogP contribution in [0.15, 0.2) is 48.7 Å². The van der Waals surface area contributed by atoms with E-state index in [2.05, 4.69) is 22.1 Å². The van der Waals surface area contributed by atoms with Crippen molar-refractivity contribution in [2.75, 3.05) is 42.9 Å². The summed E-state index contributed by atoms with van der Waals surface area (Å²) < 4.78 is 0. The molecule has 0 atom stereocenters. The minimum absolute atomic E-state index is 0.145. The number of aromatic nitrogens is 1. The molecule has 1 saturated heterocycles. The minimum Gasteiger partial charge on any atom is -0.376 e. The molecule has 23 heavy (non-hydrogen) atoms. The molecule has 2 heterocycles. The number of carbonyl (C=O) groups is 1. The molecule has 1 aromatic carbocycles. The van der Waals surface area contributed by atoms with Gasteiger partial charge in [-0.05, 0) is 31.2 Å². The highest BCUT2D eigenvalue weighted by atomic mass is 16.2. The van der Waals surface area contributed by atoms with Gasteiger partial charge in [-0.25, -0.2) is 4.98 Å². The van der Waals surface area contributed by atoms with E-state index in [4.69, 9.17) is 0 Å². The fourth-order valence-corrected chi connectivity index (χ4v) is 2.69. The van der Waals surface area contributed by atoms with Crippen LogP contribution in [0.3, 0.4) is 0 Å². The van der Waals surface area contributed by atoms with Crippen molar-refractivity contribution >= 4 is 17.4 Å². The topological polar surface area (TPSA) is 48.5 Å². The van der Waals surface area contributed by atoms with Crippen molar-refractivity contribution < 1.29 is 4.79 Å². The molecule has 5 heteroatoms. The fourth-order valence-electron chi connectivity index (χ4n) is 2.69. The lowest BCUT2D eigenvalue weighted by Crippen LogP contribution is -2.50. The Morgan fingerprint density at radius 1 is 1.09 bits per heavy atom. The predicted octanol–water partition coefficient (Wildman–Crippen LogP) is 2.15. The first-order valence-electron chi connectivity index (χ1n) is 7.97. The van der Waals surface area contributed by atoms with Crippen LogP contribution in [-0.4, -0.2) is 48.5 Å². The smallest absolute Gasteiger partial charge is 0.241 e. The summed E-state index contributed by atoms with van der Waals surface area (Å²) in [7, 11) is 0. The summed E-state index contributed by atoms with van der Waals surface area (Å²) in [6.07, 6.45) is 1.80. The first-order valence-corrected chi connectivity index (χ1v) is 7.97. The third-order valence-corrected chi connectivity index (χ3v) is 4.10. The third-order valence-electron chi connectivity index (χ3n) is 4.10. The number of piperazine rings is 1. The van der Waals surface area contributed by atoms with Crippen LogP contribution < -0.4 is 10.2 Å². The third kappa shape index (κ3) is 4.00. The molecule has 1 amide bonds. The Morgan fingerprint density at radius 3 is 2.48 bits per heavy atom. The second-order valence-corrected chi connectivity index (χ2v) is 5.78. The Bertz CT molecular complexity index is 634. The summed E-state index contributed by atoms with van der Waals surface area (Å²) in [6, 6.07) is 14.0. The van der Waals surface area contributed by atoms with Crippen molar-refractivity contribution in [3.8, 4) is 0 Å². The highest BCUT2D eigenvalue weighted by Crippen LogP contribution is 2.13. The number of benzene rings is 1. The molecule has 1 aliphatic heterocycles. The normalized spacial score (nSPS) is 14.7. The molecular weight excluding hydrogens is 288 g/mol. The first-order chi connectivity index (χ1) is 11.2. The number of hydrogen-bond acceptors (Lipinski definition) is 4. The molecule has 0 unspecified atom stereocenters. The van der Waals surface area contributed by atoms with Crippen LogP contribution in [0.4, 0.5) is 11.5 Å². The SMILES string of the molecule is Cc1ccc(NCC(=O)N2CCN(c3ccccn3)CC2)cc1. The zero-order valence-electron chi connectivity index (χ0n) is 13.4. The Labute approximate surface area is 136 Å². The molecular formula is C18H22N4O. The molecule has 0 bridgehead atoms. The van der Waals surface area contributed by atoms with Crippen molar-refractivity contribution in [1.29, 1.82) is 0 Å². The molecule has 1 aliphatic rings. The molecule has 5 nitrogen and oxygen atoms in total. The summed E-state index contributed by atoms with van der Waals surface area (Å²) >= 11 is 0. The number of anilines is 2. The number of nitrogens with one attached hydrogen (secondary N) is 1. The van der Waals surface area contributed by atoms with Gasteiger partial charge in [-0.3, -0.25) is 4.79 Å². The average Bonchev–Trinajstić information content (AvgIpc) is 2.62. The number of rotatable bonds is 4. The number of amides is 1. The van der Waals surface area contributed by atoms with Crippen molar-refractivity contribution in [3.63, 3.8) is 0 Å². The maximum absolute atomic E-state index is 12.3. The Balaban J connectivity index is 1.47. The molecule has 3 rings (SSSR count). The number of aryl methyl sites for hydroxylation is 1. The van der Waals surface area contributed by atoms with E-state index in [0.717, 1.165) is 37.7 Å². The highest BCUT2D eigenvalue weighted by Gasteiger charge is 2.21. The lowest BCUT2D eigenvalue weighted by molar-refractivity contribution is -0.129. The van der Waals surface area contributed by atoms with Crippen LogP contribution in [0.5, 0.6) is 0 Å². The van der Waals surface area contributed by atoms with Crippen LogP contribution in [0.2, 0.25) is 0 Å². The van der Waals surface area contributed by atoms with E-state index in [9.17, 15) is 4.79 Å². The van der Waals surface area contributed by atoms with Crippen LogP contribution in [0.1, 0.15) is 5.56 Å². The van der Waals surface area contributed by atoms with E-state index < -0.39 is 0 Å². The van der Waals surface area contributed by atoms with Gasteiger partial charge in [0.15, 0.2) is 0 Å². The maximum atomic E-state index is 12.3. The van der Waals surface area contributed by atoms with Crippen molar-refractivity contribution in [1.82, 2.24) is 9.88 Å². The van der Waals surface area contributed by atoms with E-state index in [1.54, 1.807) is 6.20 Å². The average molecular weight is 310 g/mol. The van der Waals surface area contributed by atoms with Crippen molar-refractivity contribution in [2.24, 2.45) is 0 Å². The number of hydrogen-bond donors (Lipinski definition) is 1. The Hall–Kier alpha value is -2.56. The van der Waals surface area contributed by atoms with Gasteiger partial charge in [0, 0.05) is 38.1 Å². The van der Waals surface area contributed by atoms with Crippen molar-refractivity contribution in [3.05, 3.63) is 54.2 Å². The molecule has 0 saturated carbocycles. The summed E-state index contributed by atoms with van der Waals surface area (Å²) in [6.45, 7) is 5.53. The quantitative estimate of drug-likeness (QED) is 0.940. The second kappa shape index (κ2) is 7.13. The molecule has 0 spiro atoms. The fraction of sp³-hybridized carbons (Fsp3) is 0.333. The summed E-state index contributed by atoms with van der Waals surface area (Å²) in [4.78, 5) is 20.8. The number of nitrogens with zero attached hydrogens (tertiary/aromatic N) is 3. The molecule has 0 radical (unpaired) electrons. The molecule has 1 aromatic heterocycles. The molecule has 1 N–H and O–H groups in total.